The molecule has 27 heavy (non-hydrogen) atoms. The largest absolute Gasteiger partial charge is 0.322 e. The van der Waals surface area contributed by atoms with E-state index in [1.165, 1.54) is 28.6 Å². The Morgan fingerprint density at radius 2 is 1.67 bits per heavy atom. The summed E-state index contributed by atoms with van der Waals surface area (Å²) >= 11 is 0. The summed E-state index contributed by atoms with van der Waals surface area (Å²) in [4.78, 5) is 12.7. The van der Waals surface area contributed by atoms with Gasteiger partial charge in [0, 0.05) is 24.3 Å². The summed E-state index contributed by atoms with van der Waals surface area (Å²) < 4.78 is 40.5. The van der Waals surface area contributed by atoms with Gasteiger partial charge in [0.2, 0.25) is 10.0 Å². The Balaban J connectivity index is 2.47. The minimum atomic E-state index is -3.66. The first kappa shape index (κ1) is 21.1. The first-order chi connectivity index (χ1) is 12.6. The molecule has 0 bridgehead atoms. The summed E-state index contributed by atoms with van der Waals surface area (Å²) in [5.74, 6) is -0.983. The number of nitrogens with zero attached hydrogens (tertiary/aromatic N) is 1. The van der Waals surface area contributed by atoms with Gasteiger partial charge in [-0.3, -0.25) is 4.79 Å². The molecule has 0 atom stereocenters. The van der Waals surface area contributed by atoms with Gasteiger partial charge in [-0.2, -0.15) is 4.31 Å². The van der Waals surface area contributed by atoms with Gasteiger partial charge in [0.15, 0.2) is 0 Å². The molecule has 2 aromatic carbocycles. The number of halogens is 1. The van der Waals surface area contributed by atoms with Crippen molar-refractivity contribution in [1.82, 2.24) is 4.31 Å². The first-order valence-corrected chi connectivity index (χ1v) is 10.2. The highest BCUT2D eigenvalue weighted by Gasteiger charge is 2.24. The van der Waals surface area contributed by atoms with Gasteiger partial charge in [-0.1, -0.05) is 19.9 Å². The fourth-order valence-electron chi connectivity index (χ4n) is 2.85. The fraction of sp³-hybridized carbons (Fsp3) is 0.350. The van der Waals surface area contributed by atoms with E-state index in [0.717, 1.165) is 11.1 Å². The summed E-state index contributed by atoms with van der Waals surface area (Å²) in [6.45, 7) is 9.57. The van der Waals surface area contributed by atoms with Gasteiger partial charge < -0.3 is 5.32 Å². The second-order valence-electron chi connectivity index (χ2n) is 6.42. The Labute approximate surface area is 160 Å². The fourth-order valence-corrected chi connectivity index (χ4v) is 4.42. The lowest BCUT2D eigenvalue weighted by molar-refractivity contribution is 0.102. The van der Waals surface area contributed by atoms with Crippen molar-refractivity contribution >= 4 is 21.6 Å². The second kappa shape index (κ2) is 8.19. The highest BCUT2D eigenvalue weighted by atomic mass is 32.2. The van der Waals surface area contributed by atoms with E-state index in [9.17, 15) is 17.6 Å². The lowest BCUT2D eigenvalue weighted by Gasteiger charge is -2.20. The van der Waals surface area contributed by atoms with Crippen LogP contribution in [0, 0.1) is 26.6 Å². The number of amides is 1. The van der Waals surface area contributed by atoms with E-state index in [-0.39, 0.29) is 10.5 Å². The number of sulfonamides is 1. The van der Waals surface area contributed by atoms with Crippen LogP contribution in [0.15, 0.2) is 35.2 Å². The minimum Gasteiger partial charge on any atom is -0.322 e. The molecule has 0 saturated heterocycles. The van der Waals surface area contributed by atoms with Gasteiger partial charge in [-0.25, -0.2) is 12.8 Å². The maximum Gasteiger partial charge on any atom is 0.256 e. The van der Waals surface area contributed by atoms with Crippen LogP contribution in [-0.4, -0.2) is 31.7 Å². The maximum absolute atomic E-state index is 13.5. The molecule has 0 saturated carbocycles. The van der Waals surface area contributed by atoms with Gasteiger partial charge in [0.25, 0.3) is 5.91 Å². The Kier molecular flexibility index (Phi) is 6.38. The number of anilines is 1. The Bertz CT molecular complexity index is 967. The summed E-state index contributed by atoms with van der Waals surface area (Å²) in [5.41, 5.74) is 2.75. The van der Waals surface area contributed by atoms with Gasteiger partial charge in [0.05, 0.1) is 4.90 Å². The van der Waals surface area contributed by atoms with Crippen molar-refractivity contribution in [3.63, 3.8) is 0 Å². The van der Waals surface area contributed by atoms with Crippen molar-refractivity contribution < 1.29 is 17.6 Å². The summed E-state index contributed by atoms with van der Waals surface area (Å²) in [5, 5.41) is 2.73. The van der Waals surface area contributed by atoms with E-state index >= 15 is 0 Å². The average molecular weight is 392 g/mol. The molecule has 7 heteroatoms. The quantitative estimate of drug-likeness (QED) is 0.807. The van der Waals surface area contributed by atoms with E-state index in [1.54, 1.807) is 40.7 Å². The summed E-state index contributed by atoms with van der Waals surface area (Å²) in [6, 6.07) is 7.06. The topological polar surface area (TPSA) is 66.5 Å². The highest BCUT2D eigenvalue weighted by Crippen LogP contribution is 2.27. The number of nitrogens with one attached hydrogen (secondary N) is 1. The Morgan fingerprint density at radius 1 is 1.04 bits per heavy atom. The van der Waals surface area contributed by atoms with Crippen LogP contribution in [0.5, 0.6) is 0 Å². The molecule has 2 aromatic rings. The number of carbonyl (C=O) groups is 1. The van der Waals surface area contributed by atoms with Crippen LogP contribution in [0.2, 0.25) is 0 Å². The van der Waals surface area contributed by atoms with Gasteiger partial charge in [-0.15, -0.1) is 0 Å². The van der Waals surface area contributed by atoms with Crippen LogP contribution in [0.1, 0.15) is 40.9 Å². The molecule has 0 fully saturated rings. The summed E-state index contributed by atoms with van der Waals surface area (Å²) in [6.07, 6.45) is 0. The molecule has 0 aromatic heterocycles. The SMILES string of the molecule is CCN(CC)S(=O)(=O)c1cc(C)c(C)c(NC(=O)c2cc(F)ccc2C)c1. The van der Waals surface area contributed by atoms with Crippen molar-refractivity contribution in [1.29, 1.82) is 0 Å². The van der Waals surface area contributed by atoms with E-state index < -0.39 is 21.7 Å². The zero-order valence-electron chi connectivity index (χ0n) is 16.3. The zero-order chi connectivity index (χ0) is 20.4. The predicted octanol–water partition coefficient (Wildman–Crippen LogP) is 4.03. The first-order valence-electron chi connectivity index (χ1n) is 8.80. The number of aryl methyl sites for hydroxylation is 2. The van der Waals surface area contributed by atoms with Crippen LogP contribution in [-0.2, 0) is 10.0 Å². The molecule has 1 N–H and O–H groups in total. The van der Waals surface area contributed by atoms with E-state index in [0.29, 0.717) is 24.3 Å². The number of hydrogen-bond acceptors (Lipinski definition) is 3. The molecule has 1 amide bonds. The van der Waals surface area contributed by atoms with Crippen LogP contribution in [0.25, 0.3) is 0 Å². The zero-order valence-corrected chi connectivity index (χ0v) is 17.1. The van der Waals surface area contributed by atoms with Crippen LogP contribution >= 0.6 is 0 Å². The second-order valence-corrected chi connectivity index (χ2v) is 8.35. The smallest absolute Gasteiger partial charge is 0.256 e. The normalized spacial score (nSPS) is 11.7. The third kappa shape index (κ3) is 4.36. The number of carbonyl (C=O) groups excluding carboxylic acids is 1. The lowest BCUT2D eigenvalue weighted by Crippen LogP contribution is -2.30. The Hall–Kier alpha value is -2.25. The predicted molar refractivity (Wildman–Crippen MR) is 105 cm³/mol. The minimum absolute atomic E-state index is 0.126. The molecule has 0 spiro atoms. The van der Waals surface area contributed by atoms with Crippen LogP contribution in [0.4, 0.5) is 10.1 Å². The molecular formula is C20H25FN2O3S. The van der Waals surface area contributed by atoms with Crippen LogP contribution in [0.3, 0.4) is 0 Å². The maximum atomic E-state index is 13.5. The van der Waals surface area contributed by atoms with Crippen molar-refractivity contribution in [2.45, 2.75) is 39.5 Å². The monoisotopic (exact) mass is 392 g/mol. The van der Waals surface area contributed by atoms with Gasteiger partial charge >= 0.3 is 0 Å². The number of rotatable bonds is 6. The Morgan fingerprint density at radius 3 is 2.26 bits per heavy atom. The highest BCUT2D eigenvalue weighted by molar-refractivity contribution is 7.89. The van der Waals surface area contributed by atoms with Gasteiger partial charge in [-0.05, 0) is 61.7 Å². The summed E-state index contributed by atoms with van der Waals surface area (Å²) in [7, 11) is -3.66. The van der Waals surface area contributed by atoms with E-state index in [4.69, 9.17) is 0 Å². The van der Waals surface area contributed by atoms with E-state index in [2.05, 4.69) is 5.32 Å². The number of hydrogen-bond donors (Lipinski definition) is 1. The molecule has 0 aliphatic heterocycles. The molecule has 0 unspecified atom stereocenters. The lowest BCUT2D eigenvalue weighted by atomic mass is 10.1. The average Bonchev–Trinajstić information content (AvgIpc) is 2.61. The van der Waals surface area contributed by atoms with E-state index in [1.807, 2.05) is 0 Å². The molecule has 5 nitrogen and oxygen atoms in total. The van der Waals surface area contributed by atoms with Crippen LogP contribution < -0.4 is 5.32 Å². The van der Waals surface area contributed by atoms with Crippen molar-refractivity contribution in [3.05, 3.63) is 58.4 Å². The third-order valence-electron chi connectivity index (χ3n) is 4.68. The van der Waals surface area contributed by atoms with Crippen molar-refractivity contribution in [2.75, 3.05) is 18.4 Å². The molecule has 0 aliphatic carbocycles. The standard InChI is InChI=1S/C20H25FN2O3S/c1-6-23(7-2)27(25,26)17-10-14(4)15(5)19(12-17)22-20(24)18-11-16(21)9-8-13(18)3/h8-12H,6-7H2,1-5H3,(H,22,24). The molecule has 2 rings (SSSR count). The molecule has 0 heterocycles. The molecular weight excluding hydrogens is 367 g/mol. The molecule has 0 radical (unpaired) electrons. The number of benzene rings is 2. The third-order valence-corrected chi connectivity index (χ3v) is 6.70. The molecule has 0 aliphatic rings. The van der Waals surface area contributed by atoms with Crippen molar-refractivity contribution in [2.24, 2.45) is 0 Å². The van der Waals surface area contributed by atoms with Crippen molar-refractivity contribution in [3.8, 4) is 0 Å². The molecule has 146 valence electrons. The van der Waals surface area contributed by atoms with Gasteiger partial charge in [0.1, 0.15) is 5.82 Å².